The molecule has 7 heteroatoms. The summed E-state index contributed by atoms with van der Waals surface area (Å²) in [6, 6.07) is 31.9. The van der Waals surface area contributed by atoms with Gasteiger partial charge in [-0.25, -0.2) is 4.99 Å². The summed E-state index contributed by atoms with van der Waals surface area (Å²) in [4.78, 5) is 20.5. The Morgan fingerprint density at radius 3 is 2.31 bits per heavy atom. The summed E-state index contributed by atoms with van der Waals surface area (Å²) in [5.74, 6) is 0.429. The minimum Gasteiger partial charge on any atom is -0.488 e. The van der Waals surface area contributed by atoms with Crippen molar-refractivity contribution in [1.29, 1.82) is 0 Å². The predicted octanol–water partition coefficient (Wildman–Crippen LogP) is 8.38. The molecule has 1 aliphatic heterocycles. The Hall–Kier alpha value is -3.51. The first-order valence-corrected chi connectivity index (χ1v) is 12.7. The minimum absolute atomic E-state index is 0.169. The van der Waals surface area contributed by atoms with Gasteiger partial charge in [0, 0.05) is 21.2 Å². The Labute approximate surface area is 223 Å². The molecule has 0 aliphatic carbocycles. The lowest BCUT2D eigenvalue weighted by molar-refractivity contribution is -0.113. The summed E-state index contributed by atoms with van der Waals surface area (Å²) < 4.78 is 6.09. The number of hydrogen-bond donors (Lipinski definition) is 0. The van der Waals surface area contributed by atoms with E-state index < -0.39 is 0 Å². The molecule has 1 fully saturated rings. The lowest BCUT2D eigenvalue weighted by Crippen LogP contribution is -2.28. The molecular weight excluding hydrogens is 511 g/mol. The molecule has 0 N–H and O–H groups in total. The summed E-state index contributed by atoms with van der Waals surface area (Å²) >= 11 is 13.9. The van der Waals surface area contributed by atoms with Gasteiger partial charge in [0.25, 0.3) is 5.91 Å². The van der Waals surface area contributed by atoms with Crippen LogP contribution >= 0.6 is 35.0 Å². The Morgan fingerprint density at radius 1 is 0.861 bits per heavy atom. The van der Waals surface area contributed by atoms with Crippen LogP contribution < -0.4 is 9.64 Å². The quantitative estimate of drug-likeness (QED) is 0.235. The Morgan fingerprint density at radius 2 is 1.56 bits per heavy atom. The van der Waals surface area contributed by atoms with Gasteiger partial charge in [-0.3, -0.25) is 9.69 Å². The Kier molecular flexibility index (Phi) is 7.42. The molecule has 4 aromatic rings. The number of amidine groups is 1. The molecule has 178 valence electrons. The second-order valence-corrected chi connectivity index (χ2v) is 9.73. The van der Waals surface area contributed by atoms with E-state index in [2.05, 4.69) is 0 Å². The lowest BCUT2D eigenvalue weighted by atomic mass is 10.1. The maximum atomic E-state index is 13.6. The number of anilines is 1. The van der Waals surface area contributed by atoms with E-state index in [-0.39, 0.29) is 12.5 Å². The molecular formula is C29H20Cl2N2O2S. The third-order valence-corrected chi connectivity index (χ3v) is 6.97. The van der Waals surface area contributed by atoms with Crippen LogP contribution in [-0.2, 0) is 11.4 Å². The fourth-order valence-electron chi connectivity index (χ4n) is 3.64. The van der Waals surface area contributed by atoms with Crippen molar-refractivity contribution in [2.45, 2.75) is 6.61 Å². The molecule has 36 heavy (non-hydrogen) atoms. The highest BCUT2D eigenvalue weighted by molar-refractivity contribution is 8.19. The van der Waals surface area contributed by atoms with Crippen LogP contribution in [0.4, 0.5) is 11.4 Å². The minimum atomic E-state index is -0.169. The maximum Gasteiger partial charge on any atom is 0.271 e. The van der Waals surface area contributed by atoms with Crippen molar-refractivity contribution in [3.05, 3.63) is 129 Å². The lowest BCUT2D eigenvalue weighted by Gasteiger charge is -2.15. The first-order chi connectivity index (χ1) is 17.6. The zero-order chi connectivity index (χ0) is 24.9. The highest BCUT2D eigenvalue weighted by atomic mass is 35.5. The summed E-state index contributed by atoms with van der Waals surface area (Å²) in [7, 11) is 0. The van der Waals surface area contributed by atoms with Crippen molar-refractivity contribution in [2.24, 2.45) is 4.99 Å². The van der Waals surface area contributed by atoms with Crippen LogP contribution in [0.5, 0.6) is 5.75 Å². The average Bonchev–Trinajstić information content (AvgIpc) is 3.19. The predicted molar refractivity (Wildman–Crippen MR) is 150 cm³/mol. The van der Waals surface area contributed by atoms with Crippen molar-refractivity contribution in [1.82, 2.24) is 0 Å². The molecule has 0 radical (unpaired) electrons. The van der Waals surface area contributed by atoms with E-state index in [1.807, 2.05) is 84.9 Å². The molecule has 0 unspecified atom stereocenters. The topological polar surface area (TPSA) is 41.9 Å². The molecule has 0 aromatic heterocycles. The van der Waals surface area contributed by atoms with Gasteiger partial charge in [0.15, 0.2) is 5.17 Å². The number of para-hydroxylation sites is 2. The molecule has 5 rings (SSSR count). The normalized spacial score (nSPS) is 15.6. The molecule has 0 spiro atoms. The van der Waals surface area contributed by atoms with Gasteiger partial charge in [-0.05, 0) is 66.4 Å². The number of ether oxygens (including phenoxy) is 1. The van der Waals surface area contributed by atoms with Gasteiger partial charge in [-0.1, -0.05) is 77.8 Å². The van der Waals surface area contributed by atoms with Gasteiger partial charge in [0.2, 0.25) is 0 Å². The van der Waals surface area contributed by atoms with Crippen molar-refractivity contribution in [2.75, 3.05) is 4.90 Å². The van der Waals surface area contributed by atoms with Crippen molar-refractivity contribution in [3.63, 3.8) is 0 Å². The van der Waals surface area contributed by atoms with Gasteiger partial charge in [-0.15, -0.1) is 0 Å². The number of rotatable bonds is 6. The molecule has 1 heterocycles. The summed E-state index contributed by atoms with van der Waals surface area (Å²) in [5, 5.41) is 1.75. The van der Waals surface area contributed by atoms with Crippen molar-refractivity contribution >= 4 is 63.5 Å². The van der Waals surface area contributed by atoms with Crippen LogP contribution in [0.15, 0.2) is 113 Å². The maximum absolute atomic E-state index is 13.6. The van der Waals surface area contributed by atoms with Crippen molar-refractivity contribution in [3.8, 4) is 5.75 Å². The van der Waals surface area contributed by atoms with E-state index in [4.69, 9.17) is 32.9 Å². The van der Waals surface area contributed by atoms with Crippen molar-refractivity contribution < 1.29 is 9.53 Å². The number of aliphatic imine (C=N–C) groups is 1. The zero-order valence-corrected chi connectivity index (χ0v) is 21.3. The zero-order valence-electron chi connectivity index (χ0n) is 19.0. The number of hydrogen-bond acceptors (Lipinski definition) is 4. The molecule has 1 saturated heterocycles. The van der Waals surface area contributed by atoms with Gasteiger partial charge in [0.05, 0.1) is 16.3 Å². The molecule has 0 bridgehead atoms. The summed E-state index contributed by atoms with van der Waals surface area (Å²) in [6.45, 7) is 0.287. The third kappa shape index (κ3) is 5.49. The second kappa shape index (κ2) is 11.0. The molecule has 0 saturated carbocycles. The fraction of sp³-hybridized carbons (Fsp3) is 0.0345. The summed E-state index contributed by atoms with van der Waals surface area (Å²) in [6.07, 6.45) is 1.80. The highest BCUT2D eigenvalue weighted by Gasteiger charge is 2.35. The number of carbonyl (C=O) groups is 1. The first kappa shape index (κ1) is 24.2. The first-order valence-electron chi connectivity index (χ1n) is 11.2. The van der Waals surface area contributed by atoms with Gasteiger partial charge in [0.1, 0.15) is 12.4 Å². The van der Waals surface area contributed by atoms with Crippen LogP contribution in [0, 0.1) is 0 Å². The summed E-state index contributed by atoms with van der Waals surface area (Å²) in [5.41, 5.74) is 3.07. The molecule has 0 atom stereocenters. The Balaban J connectivity index is 1.50. The van der Waals surface area contributed by atoms with Gasteiger partial charge in [-0.2, -0.15) is 0 Å². The number of amides is 1. The van der Waals surface area contributed by atoms with Gasteiger partial charge < -0.3 is 4.74 Å². The van der Waals surface area contributed by atoms with Crippen LogP contribution in [-0.4, -0.2) is 11.1 Å². The third-order valence-electron chi connectivity index (χ3n) is 5.40. The number of carbonyl (C=O) groups excluding carboxylic acids is 1. The van der Waals surface area contributed by atoms with Crippen LogP contribution in [0.2, 0.25) is 10.0 Å². The van der Waals surface area contributed by atoms with E-state index in [0.29, 0.717) is 31.4 Å². The van der Waals surface area contributed by atoms with E-state index in [0.717, 1.165) is 16.9 Å². The van der Waals surface area contributed by atoms with E-state index in [9.17, 15) is 4.79 Å². The number of benzene rings is 4. The highest BCUT2D eigenvalue weighted by Crippen LogP contribution is 2.38. The number of halogens is 2. The van der Waals surface area contributed by atoms with E-state index in [1.165, 1.54) is 11.8 Å². The molecule has 4 aromatic carbocycles. The molecule has 1 amide bonds. The number of nitrogens with zero attached hydrogens (tertiary/aromatic N) is 2. The van der Waals surface area contributed by atoms with Gasteiger partial charge >= 0.3 is 0 Å². The van der Waals surface area contributed by atoms with E-state index in [1.54, 1.807) is 29.2 Å². The fourth-order valence-corrected chi connectivity index (χ4v) is 5.00. The smallest absolute Gasteiger partial charge is 0.271 e. The standard InChI is InChI=1S/C29H20Cl2N2O2S/c30-22-15-16-26(35-19-20-9-7-8-14-25(20)31)21(17-22)18-27-28(34)33(24-12-5-2-6-13-24)29(36-27)32-23-10-3-1-4-11-23/h1-18H,19H2/b27-18+,32-29?. The second-order valence-electron chi connectivity index (χ2n) is 7.88. The largest absolute Gasteiger partial charge is 0.488 e. The average molecular weight is 531 g/mol. The monoisotopic (exact) mass is 530 g/mol. The van der Waals surface area contributed by atoms with Crippen LogP contribution in [0.3, 0.4) is 0 Å². The van der Waals surface area contributed by atoms with Crippen LogP contribution in [0.25, 0.3) is 6.08 Å². The molecule has 4 nitrogen and oxygen atoms in total. The number of thioether (sulfide) groups is 1. The SMILES string of the molecule is O=C1/C(=C\c2cc(Cl)ccc2OCc2ccccc2Cl)SC(=Nc2ccccc2)N1c1ccccc1. The Bertz CT molecular complexity index is 1460. The van der Waals surface area contributed by atoms with E-state index >= 15 is 0 Å². The molecule has 1 aliphatic rings. The van der Waals surface area contributed by atoms with Crippen LogP contribution in [0.1, 0.15) is 11.1 Å².